The Labute approximate surface area is 119 Å². The maximum Gasteiger partial charge on any atom is 0.133 e. The maximum atomic E-state index is 5.84. The van der Waals surface area contributed by atoms with Crippen molar-refractivity contribution in [3.8, 4) is 0 Å². The number of hydrogen-bond donors (Lipinski definition) is 1. The van der Waals surface area contributed by atoms with Crippen LogP contribution in [0.3, 0.4) is 0 Å². The van der Waals surface area contributed by atoms with Gasteiger partial charge in [0.2, 0.25) is 0 Å². The number of ether oxygens (including phenoxy) is 1. The molecule has 0 amide bonds. The van der Waals surface area contributed by atoms with Crippen LogP contribution in [0.15, 0.2) is 6.33 Å². The number of aromatic nitrogens is 2. The second-order valence-electron chi connectivity index (χ2n) is 4.98. The summed E-state index contributed by atoms with van der Waals surface area (Å²) in [5.41, 5.74) is 2.49. The van der Waals surface area contributed by atoms with Crippen molar-refractivity contribution in [2.45, 2.75) is 44.6 Å². The topological polar surface area (TPSA) is 47.0 Å². The van der Waals surface area contributed by atoms with E-state index in [1.54, 1.807) is 13.4 Å². The normalized spacial score (nSPS) is 16.5. The highest BCUT2D eigenvalue weighted by atomic mass is 35.5. The Balaban J connectivity index is 2.14. The van der Waals surface area contributed by atoms with E-state index in [9.17, 15) is 0 Å². The second kappa shape index (κ2) is 7.65. The molecule has 1 N–H and O–H groups in total. The van der Waals surface area contributed by atoms with E-state index in [2.05, 4.69) is 15.3 Å². The van der Waals surface area contributed by atoms with E-state index in [0.717, 1.165) is 25.1 Å². The smallest absolute Gasteiger partial charge is 0.133 e. The third-order valence-corrected chi connectivity index (χ3v) is 3.76. The quantitative estimate of drug-likeness (QED) is 0.644. The number of methoxy groups -OCH3 is 1. The van der Waals surface area contributed by atoms with E-state index < -0.39 is 0 Å². The lowest BCUT2D eigenvalue weighted by atomic mass is 10.1. The Hall–Kier alpha value is -0.870. The van der Waals surface area contributed by atoms with Gasteiger partial charge in [-0.2, -0.15) is 0 Å². The zero-order valence-corrected chi connectivity index (χ0v) is 12.2. The molecule has 0 radical (unpaired) electrons. The monoisotopic (exact) mass is 283 g/mol. The number of nitrogens with one attached hydrogen (secondary N) is 1. The fourth-order valence-corrected chi connectivity index (χ4v) is 2.81. The number of hydrogen-bond acceptors (Lipinski definition) is 4. The molecular formula is C14H22ClN3O. The Morgan fingerprint density at radius 2 is 2.16 bits per heavy atom. The van der Waals surface area contributed by atoms with Crippen LogP contribution in [0, 0.1) is 0 Å². The molecule has 1 atom stereocenters. The first-order valence-electron chi connectivity index (χ1n) is 6.99. The first kappa shape index (κ1) is 14.5. The first-order chi connectivity index (χ1) is 9.35. The standard InChI is InChI=1S/C14H22ClN3O/c1-19-9-11(7-8-15)18-14-12-5-3-2-4-6-13(12)16-10-17-14/h10-11H,2-9H2,1H3,(H,16,17,18). The highest BCUT2D eigenvalue weighted by molar-refractivity contribution is 6.17. The first-order valence-corrected chi connectivity index (χ1v) is 7.52. The van der Waals surface area contributed by atoms with Crippen molar-refractivity contribution < 1.29 is 4.74 Å². The van der Waals surface area contributed by atoms with Crippen molar-refractivity contribution in [2.75, 3.05) is 24.9 Å². The van der Waals surface area contributed by atoms with Crippen LogP contribution in [0.25, 0.3) is 0 Å². The maximum absolute atomic E-state index is 5.84. The van der Waals surface area contributed by atoms with Gasteiger partial charge in [-0.1, -0.05) is 6.42 Å². The average Bonchev–Trinajstić information content (AvgIpc) is 2.65. The molecule has 1 aliphatic rings. The average molecular weight is 284 g/mol. The SMILES string of the molecule is COCC(CCCl)Nc1ncnc2c1CCCCC2. The molecule has 0 aliphatic heterocycles. The number of nitrogens with zero attached hydrogens (tertiary/aromatic N) is 2. The summed E-state index contributed by atoms with van der Waals surface area (Å²) in [5, 5.41) is 3.48. The molecule has 4 nitrogen and oxygen atoms in total. The van der Waals surface area contributed by atoms with Gasteiger partial charge in [-0.3, -0.25) is 0 Å². The van der Waals surface area contributed by atoms with Crippen LogP contribution < -0.4 is 5.32 Å². The van der Waals surface area contributed by atoms with Crippen LogP contribution in [0.4, 0.5) is 5.82 Å². The molecule has 1 heterocycles. The summed E-state index contributed by atoms with van der Waals surface area (Å²) in [4.78, 5) is 8.85. The highest BCUT2D eigenvalue weighted by Gasteiger charge is 2.16. The Kier molecular flexibility index (Phi) is 5.86. The number of aryl methyl sites for hydroxylation is 1. The zero-order chi connectivity index (χ0) is 13.5. The predicted octanol–water partition coefficient (Wildman–Crippen LogP) is 2.80. The third-order valence-electron chi connectivity index (χ3n) is 3.54. The van der Waals surface area contributed by atoms with Crippen LogP contribution >= 0.6 is 11.6 Å². The minimum absolute atomic E-state index is 0.213. The van der Waals surface area contributed by atoms with E-state index in [4.69, 9.17) is 16.3 Å². The predicted molar refractivity (Wildman–Crippen MR) is 77.9 cm³/mol. The summed E-state index contributed by atoms with van der Waals surface area (Å²) in [6, 6.07) is 0.213. The molecule has 0 saturated carbocycles. The largest absolute Gasteiger partial charge is 0.383 e. The number of rotatable bonds is 6. The number of halogens is 1. The molecule has 106 valence electrons. The van der Waals surface area contributed by atoms with Gasteiger partial charge in [-0.15, -0.1) is 11.6 Å². The summed E-state index contributed by atoms with van der Waals surface area (Å²) in [6.45, 7) is 0.644. The van der Waals surface area contributed by atoms with Gasteiger partial charge in [-0.25, -0.2) is 9.97 Å². The number of alkyl halides is 1. The highest BCUT2D eigenvalue weighted by Crippen LogP contribution is 2.24. The van der Waals surface area contributed by atoms with Crippen LogP contribution in [0.5, 0.6) is 0 Å². The van der Waals surface area contributed by atoms with Gasteiger partial charge < -0.3 is 10.1 Å². The summed E-state index contributed by atoms with van der Waals surface area (Å²) in [6.07, 6.45) is 8.40. The molecule has 0 aromatic carbocycles. The lowest BCUT2D eigenvalue weighted by molar-refractivity contribution is 0.184. The molecular weight excluding hydrogens is 262 g/mol. The van der Waals surface area contributed by atoms with E-state index in [-0.39, 0.29) is 6.04 Å². The molecule has 1 unspecified atom stereocenters. The Morgan fingerprint density at radius 1 is 1.32 bits per heavy atom. The van der Waals surface area contributed by atoms with Crippen LogP contribution in [0.2, 0.25) is 0 Å². The lowest BCUT2D eigenvalue weighted by Crippen LogP contribution is -2.27. The van der Waals surface area contributed by atoms with Crippen molar-refractivity contribution in [3.63, 3.8) is 0 Å². The second-order valence-corrected chi connectivity index (χ2v) is 5.36. The molecule has 1 aromatic heterocycles. The van der Waals surface area contributed by atoms with Crippen LogP contribution in [-0.4, -0.2) is 35.6 Å². The van der Waals surface area contributed by atoms with Gasteiger partial charge in [0.15, 0.2) is 0 Å². The zero-order valence-electron chi connectivity index (χ0n) is 11.5. The van der Waals surface area contributed by atoms with E-state index >= 15 is 0 Å². The minimum Gasteiger partial charge on any atom is -0.383 e. The summed E-state index contributed by atoms with van der Waals surface area (Å²) in [5.74, 6) is 1.59. The van der Waals surface area contributed by atoms with Crippen molar-refractivity contribution in [3.05, 3.63) is 17.6 Å². The minimum atomic E-state index is 0.213. The van der Waals surface area contributed by atoms with Gasteiger partial charge in [0.05, 0.1) is 12.6 Å². The van der Waals surface area contributed by atoms with E-state index in [1.165, 1.54) is 30.5 Å². The summed E-state index contributed by atoms with van der Waals surface area (Å²) < 4.78 is 5.23. The molecule has 1 aromatic rings. The van der Waals surface area contributed by atoms with Crippen molar-refractivity contribution >= 4 is 17.4 Å². The van der Waals surface area contributed by atoms with Gasteiger partial charge in [-0.05, 0) is 32.1 Å². The van der Waals surface area contributed by atoms with Crippen LogP contribution in [-0.2, 0) is 17.6 Å². The van der Waals surface area contributed by atoms with E-state index in [0.29, 0.717) is 12.5 Å². The van der Waals surface area contributed by atoms with Crippen LogP contribution in [0.1, 0.15) is 36.9 Å². The summed E-state index contributed by atoms with van der Waals surface area (Å²) in [7, 11) is 1.71. The third kappa shape index (κ3) is 4.05. The van der Waals surface area contributed by atoms with Gasteiger partial charge in [0, 0.05) is 24.2 Å². The van der Waals surface area contributed by atoms with Crippen molar-refractivity contribution in [1.82, 2.24) is 9.97 Å². The number of anilines is 1. The molecule has 0 bridgehead atoms. The van der Waals surface area contributed by atoms with Gasteiger partial charge >= 0.3 is 0 Å². The molecule has 19 heavy (non-hydrogen) atoms. The van der Waals surface area contributed by atoms with Crippen molar-refractivity contribution in [1.29, 1.82) is 0 Å². The fraction of sp³-hybridized carbons (Fsp3) is 0.714. The molecule has 0 fully saturated rings. The molecule has 1 aliphatic carbocycles. The number of fused-ring (bicyclic) bond motifs is 1. The molecule has 0 saturated heterocycles. The molecule has 5 heteroatoms. The van der Waals surface area contributed by atoms with Crippen molar-refractivity contribution in [2.24, 2.45) is 0 Å². The summed E-state index contributed by atoms with van der Waals surface area (Å²) >= 11 is 5.84. The van der Waals surface area contributed by atoms with E-state index in [1.807, 2.05) is 0 Å². The lowest BCUT2D eigenvalue weighted by Gasteiger charge is -2.20. The molecule has 0 spiro atoms. The molecule has 2 rings (SSSR count). The van der Waals surface area contributed by atoms with Gasteiger partial charge in [0.25, 0.3) is 0 Å². The Bertz CT molecular complexity index is 394. The van der Waals surface area contributed by atoms with Gasteiger partial charge in [0.1, 0.15) is 12.1 Å². The Morgan fingerprint density at radius 3 is 2.95 bits per heavy atom. The fourth-order valence-electron chi connectivity index (χ4n) is 2.55.